The molecule has 32 heavy (non-hydrogen) atoms. The number of methoxy groups -OCH3 is 1. The van der Waals surface area contributed by atoms with Crippen LogP contribution in [0.15, 0.2) is 48.5 Å². The molecule has 0 radical (unpaired) electrons. The molecule has 1 heterocycles. The largest absolute Gasteiger partial charge is 0.573 e. The monoisotopic (exact) mass is 472 g/mol. The predicted octanol–water partition coefficient (Wildman–Crippen LogP) is 4.40. The minimum absolute atomic E-state index is 0.125. The van der Waals surface area contributed by atoms with Crippen LogP contribution in [0.3, 0.4) is 0 Å². The number of ether oxygens (including phenoxy) is 2. The first-order chi connectivity index (χ1) is 15.1. The van der Waals surface area contributed by atoms with E-state index < -0.39 is 36.3 Å². The number of amides is 3. The summed E-state index contributed by atoms with van der Waals surface area (Å²) in [5, 5.41) is 4.41. The summed E-state index contributed by atoms with van der Waals surface area (Å²) in [6, 6.07) is 10.2. The molecule has 3 amide bonds. The van der Waals surface area contributed by atoms with Crippen molar-refractivity contribution in [2.45, 2.75) is 18.4 Å². The van der Waals surface area contributed by atoms with Gasteiger partial charge in [0.25, 0.3) is 0 Å². The Bertz CT molecular complexity index is 957. The van der Waals surface area contributed by atoms with Crippen LogP contribution in [0.25, 0.3) is 0 Å². The fourth-order valence-corrected chi connectivity index (χ4v) is 3.39. The Balaban J connectivity index is 1.73. The normalized spacial score (nSPS) is 18.2. The van der Waals surface area contributed by atoms with Gasteiger partial charge in [-0.15, -0.1) is 13.2 Å². The molecule has 0 spiro atoms. The standard InChI is InChI=1S/C20H20ClF3N4O4/c1-27(19(30)31-2)16-11-28(26-17(16)12-3-5-13(21)6-4-12)18(29)25-14-7-9-15(10-8-14)32-20(22,23)24/h3-10,16-17,26H,11H2,1-2H3,(H,25,29). The Hall–Kier alpha value is -3.18. The van der Waals surface area contributed by atoms with E-state index in [-0.39, 0.29) is 12.2 Å². The van der Waals surface area contributed by atoms with Crippen molar-refractivity contribution in [2.75, 3.05) is 26.0 Å². The topological polar surface area (TPSA) is 83.1 Å². The summed E-state index contributed by atoms with van der Waals surface area (Å²) in [6.07, 6.45) is -5.38. The lowest BCUT2D eigenvalue weighted by molar-refractivity contribution is -0.274. The summed E-state index contributed by atoms with van der Waals surface area (Å²) in [5.41, 5.74) is 4.11. The van der Waals surface area contributed by atoms with Crippen LogP contribution in [0.2, 0.25) is 5.02 Å². The number of nitrogens with one attached hydrogen (secondary N) is 2. The number of anilines is 1. The highest BCUT2D eigenvalue weighted by Crippen LogP contribution is 2.29. The molecule has 2 aromatic rings. The van der Waals surface area contributed by atoms with Gasteiger partial charge in [-0.1, -0.05) is 23.7 Å². The lowest BCUT2D eigenvalue weighted by Gasteiger charge is -2.27. The van der Waals surface area contributed by atoms with Gasteiger partial charge in [0.05, 0.1) is 25.7 Å². The molecule has 2 aromatic carbocycles. The number of rotatable bonds is 4. The van der Waals surface area contributed by atoms with Gasteiger partial charge in [0, 0.05) is 17.8 Å². The summed E-state index contributed by atoms with van der Waals surface area (Å²) in [5.74, 6) is -0.405. The molecule has 2 atom stereocenters. The fourth-order valence-electron chi connectivity index (χ4n) is 3.26. The first-order valence-corrected chi connectivity index (χ1v) is 9.72. The third-order valence-corrected chi connectivity index (χ3v) is 5.07. The number of benzene rings is 2. The zero-order valence-corrected chi connectivity index (χ0v) is 17.8. The number of carbonyl (C=O) groups is 2. The van der Waals surface area contributed by atoms with Gasteiger partial charge >= 0.3 is 18.5 Å². The van der Waals surface area contributed by atoms with Crippen molar-refractivity contribution in [3.63, 3.8) is 0 Å². The molecular weight excluding hydrogens is 453 g/mol. The van der Waals surface area contributed by atoms with E-state index in [1.54, 1.807) is 31.3 Å². The first kappa shape index (κ1) is 23.5. The van der Waals surface area contributed by atoms with Crippen molar-refractivity contribution >= 4 is 29.4 Å². The van der Waals surface area contributed by atoms with E-state index in [9.17, 15) is 22.8 Å². The molecule has 0 aliphatic carbocycles. The number of hydrazine groups is 1. The molecule has 8 nitrogen and oxygen atoms in total. The second-order valence-corrected chi connectivity index (χ2v) is 7.36. The summed E-state index contributed by atoms with van der Waals surface area (Å²) in [7, 11) is 2.82. The molecular formula is C20H20ClF3N4O4. The molecule has 0 aromatic heterocycles. The molecule has 0 saturated carbocycles. The first-order valence-electron chi connectivity index (χ1n) is 9.34. The number of nitrogens with zero attached hydrogens (tertiary/aromatic N) is 2. The molecule has 2 N–H and O–H groups in total. The zero-order valence-electron chi connectivity index (χ0n) is 17.0. The van der Waals surface area contributed by atoms with Gasteiger partial charge in [-0.3, -0.25) is 5.01 Å². The second-order valence-electron chi connectivity index (χ2n) is 6.92. The maximum atomic E-state index is 12.8. The number of hydrogen-bond acceptors (Lipinski definition) is 5. The van der Waals surface area contributed by atoms with Crippen LogP contribution in [-0.4, -0.2) is 55.1 Å². The Morgan fingerprint density at radius 3 is 2.34 bits per heavy atom. The van der Waals surface area contributed by atoms with Crippen molar-refractivity contribution in [1.82, 2.24) is 15.3 Å². The van der Waals surface area contributed by atoms with Gasteiger partial charge in [-0.05, 0) is 42.0 Å². The Morgan fingerprint density at radius 2 is 1.78 bits per heavy atom. The van der Waals surface area contributed by atoms with E-state index in [1.807, 2.05) is 0 Å². The SMILES string of the molecule is COC(=O)N(C)C1CN(C(=O)Nc2ccc(OC(F)(F)F)cc2)NC1c1ccc(Cl)cc1. The van der Waals surface area contributed by atoms with Crippen LogP contribution in [0.5, 0.6) is 5.75 Å². The highest BCUT2D eigenvalue weighted by atomic mass is 35.5. The van der Waals surface area contributed by atoms with E-state index in [0.29, 0.717) is 5.02 Å². The van der Waals surface area contributed by atoms with Gasteiger partial charge in [-0.25, -0.2) is 15.0 Å². The van der Waals surface area contributed by atoms with Gasteiger partial charge in [0.15, 0.2) is 0 Å². The number of halogens is 4. The lowest BCUT2D eigenvalue weighted by Crippen LogP contribution is -2.42. The van der Waals surface area contributed by atoms with Gasteiger partial charge in [0.2, 0.25) is 0 Å². The molecule has 0 bridgehead atoms. The highest BCUT2D eigenvalue weighted by molar-refractivity contribution is 6.30. The van der Waals surface area contributed by atoms with Gasteiger partial charge in [0.1, 0.15) is 5.75 Å². The molecule has 1 aliphatic heterocycles. The summed E-state index contributed by atoms with van der Waals surface area (Å²) in [4.78, 5) is 26.2. The average Bonchev–Trinajstić information content (AvgIpc) is 3.19. The number of carbonyl (C=O) groups excluding carboxylic acids is 2. The smallest absolute Gasteiger partial charge is 0.453 e. The van der Waals surface area contributed by atoms with Crippen LogP contribution in [-0.2, 0) is 4.74 Å². The molecule has 1 fully saturated rings. The minimum Gasteiger partial charge on any atom is -0.453 e. The summed E-state index contributed by atoms with van der Waals surface area (Å²) in [6.45, 7) is 0.125. The van der Waals surface area contributed by atoms with Crippen LogP contribution in [0, 0.1) is 0 Å². The van der Waals surface area contributed by atoms with Crippen molar-refractivity contribution in [1.29, 1.82) is 0 Å². The maximum absolute atomic E-state index is 12.8. The van der Waals surface area contributed by atoms with Crippen molar-refractivity contribution in [3.8, 4) is 5.75 Å². The number of hydrogen-bond donors (Lipinski definition) is 2. The quantitative estimate of drug-likeness (QED) is 0.689. The van der Waals surface area contributed by atoms with E-state index in [2.05, 4.69) is 15.5 Å². The molecule has 3 rings (SSSR count). The Kier molecular flexibility index (Phi) is 6.99. The third kappa shape index (κ3) is 5.74. The average molecular weight is 473 g/mol. The number of likely N-dealkylation sites (N-methyl/N-ethyl adjacent to an activating group) is 1. The van der Waals surface area contributed by atoms with Crippen molar-refractivity contribution < 1.29 is 32.2 Å². The van der Waals surface area contributed by atoms with E-state index in [1.165, 1.54) is 29.2 Å². The molecule has 1 aliphatic rings. The number of alkyl halides is 3. The van der Waals surface area contributed by atoms with Crippen LogP contribution in [0.4, 0.5) is 28.4 Å². The summed E-state index contributed by atoms with van der Waals surface area (Å²) >= 11 is 5.96. The Labute approximate surface area is 186 Å². The molecule has 12 heteroatoms. The van der Waals surface area contributed by atoms with E-state index in [4.69, 9.17) is 16.3 Å². The van der Waals surface area contributed by atoms with E-state index in [0.717, 1.165) is 17.7 Å². The predicted molar refractivity (Wildman–Crippen MR) is 110 cm³/mol. The zero-order chi connectivity index (χ0) is 23.5. The molecule has 2 unspecified atom stereocenters. The highest BCUT2D eigenvalue weighted by Gasteiger charge is 2.40. The van der Waals surface area contributed by atoms with Crippen molar-refractivity contribution in [2.24, 2.45) is 0 Å². The number of urea groups is 1. The lowest BCUT2D eigenvalue weighted by atomic mass is 10.0. The maximum Gasteiger partial charge on any atom is 0.573 e. The van der Waals surface area contributed by atoms with E-state index >= 15 is 0 Å². The third-order valence-electron chi connectivity index (χ3n) is 4.82. The Morgan fingerprint density at radius 1 is 1.16 bits per heavy atom. The van der Waals surface area contributed by atoms with Crippen molar-refractivity contribution in [3.05, 3.63) is 59.1 Å². The van der Waals surface area contributed by atoms with Crippen LogP contribution >= 0.6 is 11.6 Å². The summed E-state index contributed by atoms with van der Waals surface area (Å²) < 4.78 is 45.5. The second kappa shape index (κ2) is 9.53. The van der Waals surface area contributed by atoms with Gasteiger partial charge in [-0.2, -0.15) is 0 Å². The van der Waals surface area contributed by atoms with Gasteiger partial charge < -0.3 is 19.7 Å². The fraction of sp³-hybridized carbons (Fsp3) is 0.300. The molecule has 1 saturated heterocycles. The molecule has 172 valence electrons. The van der Waals surface area contributed by atoms with Crippen LogP contribution < -0.4 is 15.5 Å². The minimum atomic E-state index is -4.80. The van der Waals surface area contributed by atoms with Crippen LogP contribution in [0.1, 0.15) is 11.6 Å².